The predicted molar refractivity (Wildman–Crippen MR) is 76.1 cm³/mol. The molecule has 18 heavy (non-hydrogen) atoms. The first-order chi connectivity index (χ1) is 8.39. The molecule has 5 heteroatoms. The number of rotatable bonds is 9. The lowest BCUT2D eigenvalue weighted by atomic mass is 9.91. The largest absolute Gasteiger partial charge is 0.313 e. The maximum atomic E-state index is 12.3. The fourth-order valence-corrected chi connectivity index (χ4v) is 3.65. The molecule has 0 radical (unpaired) electrons. The van der Waals surface area contributed by atoms with Gasteiger partial charge in [0.25, 0.3) is 0 Å². The van der Waals surface area contributed by atoms with E-state index in [-0.39, 0.29) is 10.8 Å². The smallest absolute Gasteiger partial charge is 0.215 e. The Balaban J connectivity index is 2.59. The molecule has 0 aromatic rings. The van der Waals surface area contributed by atoms with Crippen LogP contribution in [0.4, 0.5) is 0 Å². The second kappa shape index (κ2) is 6.35. The third kappa shape index (κ3) is 4.21. The molecule has 0 aromatic carbocycles. The van der Waals surface area contributed by atoms with Crippen LogP contribution in [0, 0.1) is 0 Å². The van der Waals surface area contributed by atoms with Crippen molar-refractivity contribution in [3.05, 3.63) is 0 Å². The zero-order valence-electron chi connectivity index (χ0n) is 12.1. The highest BCUT2D eigenvalue weighted by Gasteiger charge is 2.33. The van der Waals surface area contributed by atoms with Crippen molar-refractivity contribution in [3.8, 4) is 0 Å². The van der Waals surface area contributed by atoms with Gasteiger partial charge in [-0.3, -0.25) is 0 Å². The summed E-state index contributed by atoms with van der Waals surface area (Å²) in [6.07, 6.45) is 4.87. The van der Waals surface area contributed by atoms with Crippen LogP contribution in [-0.2, 0) is 10.0 Å². The molecule has 1 aliphatic carbocycles. The Labute approximate surface area is 112 Å². The second-order valence-electron chi connectivity index (χ2n) is 5.48. The molecule has 1 aliphatic rings. The van der Waals surface area contributed by atoms with Gasteiger partial charge in [0.2, 0.25) is 10.0 Å². The maximum absolute atomic E-state index is 12.3. The average molecular weight is 276 g/mol. The van der Waals surface area contributed by atoms with Crippen LogP contribution in [-0.4, -0.2) is 31.8 Å². The van der Waals surface area contributed by atoms with E-state index in [0.29, 0.717) is 12.6 Å². The van der Waals surface area contributed by atoms with Gasteiger partial charge in [-0.05, 0) is 39.0 Å². The maximum Gasteiger partial charge on any atom is 0.215 e. The van der Waals surface area contributed by atoms with Gasteiger partial charge in [0.05, 0.1) is 5.25 Å². The Morgan fingerprint density at radius 3 is 2.06 bits per heavy atom. The molecule has 1 rings (SSSR count). The number of hydrogen-bond acceptors (Lipinski definition) is 3. The minimum absolute atomic E-state index is 0.271. The Kier molecular flexibility index (Phi) is 5.62. The van der Waals surface area contributed by atoms with E-state index in [0.717, 1.165) is 19.3 Å². The summed E-state index contributed by atoms with van der Waals surface area (Å²) in [5, 5.41) is 2.91. The molecule has 0 aromatic heterocycles. The standard InChI is InChI=1S/C13H28N2O2S/c1-5-13(6-2,7-3)15-18(16,17)11(4)10-14-12-8-9-12/h11-12,14-15H,5-10H2,1-4H3. The SMILES string of the molecule is CCC(CC)(CC)NS(=O)(=O)C(C)CNC1CC1. The van der Waals surface area contributed by atoms with Gasteiger partial charge in [-0.25, -0.2) is 13.1 Å². The highest BCUT2D eigenvalue weighted by Crippen LogP contribution is 2.22. The van der Waals surface area contributed by atoms with Crippen LogP contribution in [0.3, 0.4) is 0 Å². The van der Waals surface area contributed by atoms with E-state index in [1.165, 1.54) is 12.8 Å². The average Bonchev–Trinajstić information content (AvgIpc) is 3.17. The van der Waals surface area contributed by atoms with Crippen LogP contribution in [0.25, 0.3) is 0 Å². The van der Waals surface area contributed by atoms with E-state index in [1.54, 1.807) is 6.92 Å². The van der Waals surface area contributed by atoms with E-state index in [1.807, 2.05) is 20.8 Å². The van der Waals surface area contributed by atoms with Crippen molar-refractivity contribution in [1.29, 1.82) is 0 Å². The summed E-state index contributed by atoms with van der Waals surface area (Å²) in [4.78, 5) is 0. The van der Waals surface area contributed by atoms with E-state index in [2.05, 4.69) is 10.0 Å². The second-order valence-corrected chi connectivity index (χ2v) is 7.58. The Morgan fingerprint density at radius 1 is 1.17 bits per heavy atom. The number of hydrogen-bond donors (Lipinski definition) is 2. The zero-order valence-corrected chi connectivity index (χ0v) is 12.9. The van der Waals surface area contributed by atoms with E-state index in [9.17, 15) is 8.42 Å². The van der Waals surface area contributed by atoms with E-state index < -0.39 is 10.0 Å². The molecular formula is C13H28N2O2S. The van der Waals surface area contributed by atoms with E-state index >= 15 is 0 Å². The van der Waals surface area contributed by atoms with Gasteiger partial charge in [-0.2, -0.15) is 0 Å². The van der Waals surface area contributed by atoms with Gasteiger partial charge < -0.3 is 5.32 Å². The van der Waals surface area contributed by atoms with Crippen molar-refractivity contribution in [3.63, 3.8) is 0 Å². The normalized spacial score (nSPS) is 18.9. The Morgan fingerprint density at radius 2 is 1.67 bits per heavy atom. The van der Waals surface area contributed by atoms with Crippen molar-refractivity contribution in [2.75, 3.05) is 6.54 Å². The van der Waals surface area contributed by atoms with Crippen molar-refractivity contribution < 1.29 is 8.42 Å². The van der Waals surface area contributed by atoms with Gasteiger partial charge in [-0.1, -0.05) is 20.8 Å². The Hall–Kier alpha value is -0.130. The van der Waals surface area contributed by atoms with Gasteiger partial charge >= 0.3 is 0 Å². The highest BCUT2D eigenvalue weighted by molar-refractivity contribution is 7.90. The molecule has 0 amide bonds. The summed E-state index contributed by atoms with van der Waals surface area (Å²) in [7, 11) is -3.23. The molecule has 108 valence electrons. The Bertz CT molecular complexity index is 338. The summed E-state index contributed by atoms with van der Waals surface area (Å²) in [5.41, 5.74) is -0.271. The van der Waals surface area contributed by atoms with Crippen LogP contribution in [0.1, 0.15) is 59.8 Å². The first kappa shape index (κ1) is 15.9. The molecular weight excluding hydrogens is 248 g/mol. The van der Waals surface area contributed by atoms with Crippen molar-refractivity contribution in [2.24, 2.45) is 0 Å². The molecule has 1 fully saturated rings. The topological polar surface area (TPSA) is 58.2 Å². The molecule has 0 saturated heterocycles. The summed E-state index contributed by atoms with van der Waals surface area (Å²) >= 11 is 0. The van der Waals surface area contributed by atoms with Crippen molar-refractivity contribution in [2.45, 2.75) is 76.6 Å². The molecule has 4 nitrogen and oxygen atoms in total. The minimum Gasteiger partial charge on any atom is -0.313 e. The van der Waals surface area contributed by atoms with Crippen LogP contribution >= 0.6 is 0 Å². The van der Waals surface area contributed by atoms with Crippen LogP contribution in [0.5, 0.6) is 0 Å². The number of nitrogens with one attached hydrogen (secondary N) is 2. The van der Waals surface area contributed by atoms with Gasteiger partial charge in [0, 0.05) is 18.1 Å². The summed E-state index contributed by atoms with van der Waals surface area (Å²) in [5.74, 6) is 0. The first-order valence-electron chi connectivity index (χ1n) is 7.15. The van der Waals surface area contributed by atoms with Gasteiger partial charge in [0.1, 0.15) is 0 Å². The van der Waals surface area contributed by atoms with Gasteiger partial charge in [-0.15, -0.1) is 0 Å². The minimum atomic E-state index is -3.23. The fourth-order valence-electron chi connectivity index (χ4n) is 2.10. The highest BCUT2D eigenvalue weighted by atomic mass is 32.2. The van der Waals surface area contributed by atoms with Crippen LogP contribution in [0.15, 0.2) is 0 Å². The molecule has 1 atom stereocenters. The molecule has 0 spiro atoms. The molecule has 0 heterocycles. The van der Waals surface area contributed by atoms with Gasteiger partial charge in [0.15, 0.2) is 0 Å². The summed E-state index contributed by atoms with van der Waals surface area (Å²) in [6, 6.07) is 0.552. The zero-order chi connectivity index (χ0) is 13.8. The lowest BCUT2D eigenvalue weighted by Gasteiger charge is -2.32. The molecule has 0 bridgehead atoms. The molecule has 1 unspecified atom stereocenters. The lowest BCUT2D eigenvalue weighted by Crippen LogP contribution is -2.51. The third-order valence-corrected chi connectivity index (χ3v) is 6.13. The predicted octanol–water partition coefficient (Wildman–Crippen LogP) is 2.02. The third-order valence-electron chi connectivity index (χ3n) is 4.19. The monoisotopic (exact) mass is 276 g/mol. The van der Waals surface area contributed by atoms with Crippen molar-refractivity contribution >= 4 is 10.0 Å². The fraction of sp³-hybridized carbons (Fsp3) is 1.00. The molecule has 0 aliphatic heterocycles. The summed E-state index contributed by atoms with van der Waals surface area (Å²) < 4.78 is 27.5. The van der Waals surface area contributed by atoms with E-state index in [4.69, 9.17) is 0 Å². The van der Waals surface area contributed by atoms with Crippen molar-refractivity contribution in [1.82, 2.24) is 10.0 Å². The van der Waals surface area contributed by atoms with Crippen LogP contribution < -0.4 is 10.0 Å². The summed E-state index contributed by atoms with van der Waals surface area (Å²) in [6.45, 7) is 8.46. The molecule has 1 saturated carbocycles. The number of sulfonamides is 1. The quantitative estimate of drug-likeness (QED) is 0.677. The lowest BCUT2D eigenvalue weighted by molar-refractivity contribution is 0.340. The first-order valence-corrected chi connectivity index (χ1v) is 8.70. The van der Waals surface area contributed by atoms with Crippen LogP contribution in [0.2, 0.25) is 0 Å². The molecule has 2 N–H and O–H groups in total.